The fourth-order valence-electron chi connectivity index (χ4n) is 4.00. The summed E-state index contributed by atoms with van der Waals surface area (Å²) in [4.78, 5) is 27.4. The van der Waals surface area contributed by atoms with Crippen molar-refractivity contribution in [3.05, 3.63) is 33.8 Å². The number of ether oxygens (including phenoxy) is 2. The number of amides is 2. The van der Waals surface area contributed by atoms with Crippen molar-refractivity contribution in [3.8, 4) is 0 Å². The van der Waals surface area contributed by atoms with E-state index >= 15 is 0 Å². The molecule has 154 valence electrons. The zero-order chi connectivity index (χ0) is 20.5. The highest BCUT2D eigenvalue weighted by Gasteiger charge is 2.48. The van der Waals surface area contributed by atoms with Gasteiger partial charge in [0.15, 0.2) is 5.79 Å². The van der Waals surface area contributed by atoms with Gasteiger partial charge in [-0.25, -0.2) is 4.79 Å². The molecule has 9 heteroatoms. The van der Waals surface area contributed by atoms with Crippen LogP contribution in [-0.2, 0) is 20.7 Å². The van der Waals surface area contributed by atoms with Crippen LogP contribution in [0.25, 0.3) is 0 Å². The number of hydrogen-bond acceptors (Lipinski definition) is 4. The number of benzene rings is 1. The summed E-state index contributed by atoms with van der Waals surface area (Å²) in [7, 11) is 3.23. The Bertz CT molecular complexity index is 754. The molecule has 0 bridgehead atoms. The van der Waals surface area contributed by atoms with Crippen LogP contribution in [0.2, 0.25) is 10.0 Å². The normalized spacial score (nSPS) is 23.6. The minimum atomic E-state index is -1.05. The van der Waals surface area contributed by atoms with E-state index in [1.807, 2.05) is 0 Å². The lowest BCUT2D eigenvalue weighted by Gasteiger charge is -2.46. The predicted molar refractivity (Wildman–Crippen MR) is 105 cm³/mol. The third kappa shape index (κ3) is 4.38. The summed E-state index contributed by atoms with van der Waals surface area (Å²) < 4.78 is 11.6. The summed E-state index contributed by atoms with van der Waals surface area (Å²) in [6.45, 7) is 1.00. The van der Waals surface area contributed by atoms with Gasteiger partial charge < -0.3 is 24.4 Å². The van der Waals surface area contributed by atoms with E-state index in [4.69, 9.17) is 32.7 Å². The van der Waals surface area contributed by atoms with Crippen LogP contribution >= 0.6 is 23.2 Å². The van der Waals surface area contributed by atoms with Gasteiger partial charge in [-0.05, 0) is 24.1 Å². The first-order valence-electron chi connectivity index (χ1n) is 9.16. The number of likely N-dealkylation sites (N-methyl/N-ethyl adjacent to an activating group) is 2. The number of hydrogen-bond donors (Lipinski definition) is 1. The molecule has 1 aliphatic heterocycles. The zero-order valence-corrected chi connectivity index (χ0v) is 17.4. The maximum atomic E-state index is 12.9. The second kappa shape index (κ2) is 8.45. The van der Waals surface area contributed by atoms with Crippen LogP contribution < -0.4 is 0 Å². The Balaban J connectivity index is 1.75. The molecule has 1 spiro atoms. The van der Waals surface area contributed by atoms with E-state index in [0.717, 1.165) is 5.56 Å². The van der Waals surface area contributed by atoms with Crippen LogP contribution in [0.3, 0.4) is 0 Å². The topological polar surface area (TPSA) is 79.3 Å². The minimum absolute atomic E-state index is 0.114. The molecule has 7 nitrogen and oxygen atoms in total. The van der Waals surface area contributed by atoms with Gasteiger partial charge in [-0.1, -0.05) is 29.3 Å². The fourth-order valence-corrected chi connectivity index (χ4v) is 4.32. The van der Waals surface area contributed by atoms with Crippen LogP contribution in [0.1, 0.15) is 24.8 Å². The first-order valence-corrected chi connectivity index (χ1v) is 9.91. The van der Waals surface area contributed by atoms with Crippen LogP contribution in [0.4, 0.5) is 4.79 Å². The lowest BCUT2D eigenvalue weighted by molar-refractivity contribution is -0.196. The molecule has 0 radical (unpaired) electrons. The van der Waals surface area contributed by atoms with Crippen molar-refractivity contribution in [1.29, 1.82) is 0 Å². The van der Waals surface area contributed by atoms with E-state index in [1.165, 1.54) is 11.9 Å². The first-order chi connectivity index (χ1) is 13.2. The Morgan fingerprint density at radius 1 is 1.14 bits per heavy atom. The van der Waals surface area contributed by atoms with Crippen LogP contribution in [0, 0.1) is 0 Å². The van der Waals surface area contributed by atoms with Gasteiger partial charge in [0.2, 0.25) is 5.91 Å². The van der Waals surface area contributed by atoms with Crippen molar-refractivity contribution >= 4 is 35.2 Å². The van der Waals surface area contributed by atoms with Gasteiger partial charge in [-0.15, -0.1) is 0 Å². The summed E-state index contributed by atoms with van der Waals surface area (Å²) in [6.07, 6.45) is 0.712. The first kappa shape index (κ1) is 21.2. The molecule has 28 heavy (non-hydrogen) atoms. The second-order valence-electron chi connectivity index (χ2n) is 7.31. The molecule has 1 saturated heterocycles. The van der Waals surface area contributed by atoms with E-state index in [9.17, 15) is 14.7 Å². The molecular formula is C19H24Cl2N2O5. The van der Waals surface area contributed by atoms with Crippen LogP contribution in [0.5, 0.6) is 0 Å². The predicted octanol–water partition coefficient (Wildman–Crippen LogP) is 3.27. The standard InChI is InChI=1S/C19H24Cl2N2O5/c1-22(17(24)10-12-3-4-13(20)14(21)9-12)15-5-6-19(27-7-8-28-19)11-16(15)23(2)18(25)26/h3-4,9,15-16H,5-8,10-11H2,1-2H3,(H,25,26). The largest absolute Gasteiger partial charge is 0.465 e. The lowest BCUT2D eigenvalue weighted by atomic mass is 9.84. The van der Waals surface area contributed by atoms with Gasteiger partial charge >= 0.3 is 6.09 Å². The quantitative estimate of drug-likeness (QED) is 0.792. The van der Waals surface area contributed by atoms with Crippen molar-refractivity contribution in [2.45, 2.75) is 43.6 Å². The highest BCUT2D eigenvalue weighted by atomic mass is 35.5. The molecule has 2 aliphatic rings. The summed E-state index contributed by atoms with van der Waals surface area (Å²) in [5.74, 6) is -0.866. The summed E-state index contributed by atoms with van der Waals surface area (Å²) in [6, 6.07) is 4.40. The molecule has 1 heterocycles. The SMILES string of the molecule is CN(C(=O)O)C1CC2(CCC1N(C)C(=O)Cc1ccc(Cl)c(Cl)c1)OCCO2. The molecule has 2 atom stereocenters. The van der Waals surface area contributed by atoms with Gasteiger partial charge in [0.1, 0.15) is 0 Å². The molecule has 1 aromatic carbocycles. The summed E-state index contributed by atoms with van der Waals surface area (Å²) in [5, 5.41) is 10.3. The van der Waals surface area contributed by atoms with E-state index < -0.39 is 17.9 Å². The molecule has 1 saturated carbocycles. The third-order valence-electron chi connectivity index (χ3n) is 5.63. The number of carboxylic acid groups (broad SMARTS) is 1. The van der Waals surface area contributed by atoms with Crippen molar-refractivity contribution in [2.75, 3.05) is 27.3 Å². The Labute approximate surface area is 174 Å². The Kier molecular flexibility index (Phi) is 6.39. The number of carbonyl (C=O) groups is 2. The molecule has 2 amide bonds. The monoisotopic (exact) mass is 430 g/mol. The van der Waals surface area contributed by atoms with Crippen molar-refractivity contribution in [1.82, 2.24) is 9.80 Å². The maximum Gasteiger partial charge on any atom is 0.407 e. The average molecular weight is 431 g/mol. The van der Waals surface area contributed by atoms with E-state index in [-0.39, 0.29) is 18.4 Å². The smallest absolute Gasteiger partial charge is 0.407 e. The van der Waals surface area contributed by atoms with Crippen LogP contribution in [-0.4, -0.2) is 72.1 Å². The van der Waals surface area contributed by atoms with Crippen molar-refractivity contribution < 1.29 is 24.2 Å². The zero-order valence-electron chi connectivity index (χ0n) is 15.9. The molecule has 0 aromatic heterocycles. The molecule has 1 aliphatic carbocycles. The van der Waals surface area contributed by atoms with Gasteiger partial charge in [-0.3, -0.25) is 4.79 Å². The maximum absolute atomic E-state index is 12.9. The number of halogens is 2. The van der Waals surface area contributed by atoms with E-state index in [2.05, 4.69) is 0 Å². The minimum Gasteiger partial charge on any atom is -0.465 e. The highest BCUT2D eigenvalue weighted by Crippen LogP contribution is 2.39. The molecule has 1 N–H and O–H groups in total. The summed E-state index contributed by atoms with van der Waals surface area (Å²) >= 11 is 12.0. The Morgan fingerprint density at radius 3 is 2.43 bits per heavy atom. The van der Waals surface area contributed by atoms with E-state index in [1.54, 1.807) is 30.1 Å². The fraction of sp³-hybridized carbons (Fsp3) is 0.579. The Hall–Kier alpha value is -1.54. The number of carbonyl (C=O) groups excluding carboxylic acids is 1. The van der Waals surface area contributed by atoms with E-state index in [0.29, 0.717) is 42.5 Å². The van der Waals surface area contributed by atoms with Crippen molar-refractivity contribution in [2.24, 2.45) is 0 Å². The van der Waals surface area contributed by atoms with Gasteiger partial charge in [0, 0.05) is 26.9 Å². The van der Waals surface area contributed by atoms with Gasteiger partial charge in [0.25, 0.3) is 0 Å². The summed E-state index contributed by atoms with van der Waals surface area (Å²) in [5.41, 5.74) is 0.754. The highest BCUT2D eigenvalue weighted by molar-refractivity contribution is 6.42. The molecule has 1 aromatic rings. The Morgan fingerprint density at radius 2 is 1.82 bits per heavy atom. The average Bonchev–Trinajstić information content (AvgIpc) is 3.11. The van der Waals surface area contributed by atoms with Gasteiger partial charge in [0.05, 0.1) is 41.8 Å². The number of nitrogens with zero attached hydrogens (tertiary/aromatic N) is 2. The van der Waals surface area contributed by atoms with Gasteiger partial charge in [-0.2, -0.15) is 0 Å². The number of rotatable bonds is 4. The molecule has 2 unspecified atom stereocenters. The molecular weight excluding hydrogens is 407 g/mol. The third-order valence-corrected chi connectivity index (χ3v) is 6.37. The molecule has 3 rings (SSSR count). The lowest BCUT2D eigenvalue weighted by Crippen LogP contribution is -2.59. The molecule has 2 fully saturated rings. The van der Waals surface area contributed by atoms with Crippen molar-refractivity contribution in [3.63, 3.8) is 0 Å². The van der Waals surface area contributed by atoms with Crippen LogP contribution in [0.15, 0.2) is 18.2 Å². The second-order valence-corrected chi connectivity index (χ2v) is 8.12.